The zero-order valence-corrected chi connectivity index (χ0v) is 43.5. The first-order valence-electron chi connectivity index (χ1n) is 21.2. The third kappa shape index (κ3) is 15.1. The van der Waals surface area contributed by atoms with E-state index in [0.717, 1.165) is 24.3 Å². The van der Waals surface area contributed by atoms with Gasteiger partial charge in [0.05, 0.1) is 16.3 Å². The smallest absolute Gasteiger partial charge is 0.316 e. The van der Waals surface area contributed by atoms with E-state index in [4.69, 9.17) is 11.5 Å². The van der Waals surface area contributed by atoms with Gasteiger partial charge in [-0.1, -0.05) is 0 Å². The van der Waals surface area contributed by atoms with Crippen molar-refractivity contribution < 1.29 is 79.0 Å². The first-order chi connectivity index (χ1) is 37.3. The van der Waals surface area contributed by atoms with E-state index in [1.807, 2.05) is 0 Å². The third-order valence-corrected chi connectivity index (χ3v) is 14.1. The van der Waals surface area contributed by atoms with Crippen LogP contribution in [0.15, 0.2) is 124 Å². The summed E-state index contributed by atoms with van der Waals surface area (Å²) in [6, 6.07) is 9.22. The summed E-state index contributed by atoms with van der Waals surface area (Å²) in [7, 11) is -20.7. The minimum Gasteiger partial charge on any atom is -0.768 e. The number of rotatable bonds is 20. The first kappa shape index (κ1) is 58.6. The van der Waals surface area contributed by atoms with Crippen LogP contribution in [0, 0.1) is 12.2 Å². The molecule has 34 nitrogen and oxygen atoms in total. The van der Waals surface area contributed by atoms with Gasteiger partial charge in [-0.3, -0.25) is 22.4 Å². The molecule has 7 aromatic rings. The van der Waals surface area contributed by atoms with Gasteiger partial charge in [0, 0.05) is 34.2 Å². The van der Waals surface area contributed by atoms with E-state index in [2.05, 4.69) is 82.3 Å². The number of halogens is 2. The van der Waals surface area contributed by atoms with E-state index in [9.17, 15) is 79.0 Å². The van der Waals surface area contributed by atoms with E-state index in [1.54, 1.807) is 6.92 Å². The van der Waals surface area contributed by atoms with Gasteiger partial charge in [0.25, 0.3) is 40.5 Å². The fraction of sp³-hybridized carbons (Fsp3) is 0.0769. The molecule has 0 saturated heterocycles. The topological polar surface area (TPSA) is 543 Å². The number of benzene rings is 5. The molecule has 5 aromatic carbocycles. The molecular weight excluding hydrogens is 1170 g/mol. The van der Waals surface area contributed by atoms with Crippen molar-refractivity contribution in [2.24, 2.45) is 31.9 Å². The maximum Gasteiger partial charge on any atom is 0.316 e. The van der Waals surface area contributed by atoms with Crippen molar-refractivity contribution in [3.63, 3.8) is 0 Å². The predicted octanol–water partition coefficient (Wildman–Crippen LogP) is 4.92. The molecule has 0 radical (unpaired) electrons. The highest BCUT2D eigenvalue weighted by Gasteiger charge is 2.25. The number of hydrogen-bond acceptors (Lipinski definition) is 26. The number of urea groups is 2. The molecule has 420 valence electrons. The maximum absolute atomic E-state index is 14.8. The van der Waals surface area contributed by atoms with Crippen molar-refractivity contribution in [3.05, 3.63) is 91.0 Å². The molecule has 0 aliphatic rings. The molecule has 0 fully saturated rings. The average Bonchev–Trinajstić information content (AvgIpc) is 3.43. The van der Waals surface area contributed by atoms with Crippen molar-refractivity contribution in [3.8, 4) is 0 Å². The Kier molecular flexibility index (Phi) is 16.9. The molecule has 7 rings (SSSR count). The highest BCUT2D eigenvalue weighted by atomic mass is 32.2. The van der Waals surface area contributed by atoms with Gasteiger partial charge in [0.2, 0.25) is 23.8 Å². The van der Waals surface area contributed by atoms with Crippen molar-refractivity contribution >= 4 is 144 Å². The van der Waals surface area contributed by atoms with Crippen LogP contribution < -0.4 is 43.4 Å². The Hall–Kier alpha value is -9.07. The molecule has 0 aliphatic carbocycles. The Bertz CT molecular complexity index is 4250. The molecule has 0 bridgehead atoms. The summed E-state index contributed by atoms with van der Waals surface area (Å²) in [5, 5.41) is 29.6. The molecular formula is C39H33F2N18O16S5-. The third-order valence-electron chi connectivity index (χ3n) is 9.93. The van der Waals surface area contributed by atoms with E-state index in [0.29, 0.717) is 30.3 Å². The fourth-order valence-corrected chi connectivity index (χ4v) is 9.77. The standard InChI is InChI=1S/C39H34F2N18O16S5/c1-16(45-37-51-33(41)53-39(55-37)47-19-2-5-23(26(11-19)48-34(42)60)56-58-25-7-4-20(76(62)63)12-31(25)80(73,74)75)15-44-36-50-32(40)52-38(54-36)46-18-3-6-24(27(10-18)49-35(43)61)57-59-28-14-22-17(9-30(28)79(70,71)72)8-21(77(64,65)66)13-29(22)78(67,68)69/h2-14,16H,15H2,1H3,(H,62,63)(H3,42,48,60)(H3,43,49,61)(H,64,65,66)(H,67,68,69)(H,70,71,72)(H,73,74,75)(H2,44,46,50,52,54)(H2,45,47,51,53,55)/p-1. The van der Waals surface area contributed by atoms with Gasteiger partial charge in [-0.15, -0.1) is 20.5 Å². The number of nitrogens with one attached hydrogen (secondary N) is 6. The monoisotopic (exact) mass is 1210 g/mol. The molecule has 2 heterocycles. The van der Waals surface area contributed by atoms with Crippen molar-refractivity contribution in [2.45, 2.75) is 37.4 Å². The van der Waals surface area contributed by atoms with Crippen LogP contribution in [0.2, 0.25) is 0 Å². The van der Waals surface area contributed by atoms with E-state index in [1.165, 1.54) is 24.3 Å². The number of hydrogen-bond donors (Lipinski definition) is 12. The number of nitrogens with zero attached hydrogens (tertiary/aromatic N) is 10. The van der Waals surface area contributed by atoms with Crippen LogP contribution in [-0.2, 0) is 51.6 Å². The summed E-state index contributed by atoms with van der Waals surface area (Å²) in [5.74, 6) is -1.50. The normalized spacial score (nSPS) is 13.0. The maximum atomic E-state index is 14.8. The molecule has 14 N–H and O–H groups in total. The summed E-state index contributed by atoms with van der Waals surface area (Å²) < 4.78 is 188. The lowest BCUT2D eigenvalue weighted by Crippen LogP contribution is -2.27. The van der Waals surface area contributed by atoms with Crippen LogP contribution in [0.25, 0.3) is 10.8 Å². The summed E-state index contributed by atoms with van der Waals surface area (Å²) >= 11 is -2.87. The lowest BCUT2D eigenvalue weighted by molar-refractivity contribution is 0.258. The van der Waals surface area contributed by atoms with Gasteiger partial charge in [0.1, 0.15) is 37.4 Å². The first-order valence-corrected chi connectivity index (χ1v) is 28.0. The predicted molar refractivity (Wildman–Crippen MR) is 272 cm³/mol. The SMILES string of the molecule is CC(CNc1nc(F)nc(Nc2ccc(N=Nc3cc4c(S(=O)(=O)O)cc(S(=O)(=O)O)cc4cc3S(=O)(=O)O)c(NC(N)=O)c2)n1)Nc1nc(F)nc(Nc2ccc(N=Nc3ccc(S(=O)[O-])cc3S(=O)(=O)O)c(NC(N)=O)c2)n1. The Balaban J connectivity index is 1.05. The molecule has 2 unspecified atom stereocenters. The Morgan fingerprint density at radius 3 is 1.55 bits per heavy atom. The molecule has 2 aromatic heterocycles. The lowest BCUT2D eigenvalue weighted by atomic mass is 10.1. The Morgan fingerprint density at radius 2 is 1.05 bits per heavy atom. The number of anilines is 8. The van der Waals surface area contributed by atoms with Crippen molar-refractivity contribution in [1.29, 1.82) is 0 Å². The summed E-state index contributed by atoms with van der Waals surface area (Å²) in [6.07, 6.45) is -2.58. The van der Waals surface area contributed by atoms with Gasteiger partial charge in [-0.2, -0.15) is 72.4 Å². The van der Waals surface area contributed by atoms with Crippen LogP contribution in [0.3, 0.4) is 0 Å². The van der Waals surface area contributed by atoms with Crippen LogP contribution in [0.1, 0.15) is 6.92 Å². The van der Waals surface area contributed by atoms with E-state index >= 15 is 0 Å². The molecule has 0 spiro atoms. The van der Waals surface area contributed by atoms with Crippen LogP contribution in [-0.4, -0.2) is 115 Å². The van der Waals surface area contributed by atoms with Gasteiger partial charge in [-0.25, -0.2) is 9.59 Å². The van der Waals surface area contributed by atoms with Crippen molar-refractivity contribution in [1.82, 2.24) is 29.9 Å². The second-order valence-electron chi connectivity index (χ2n) is 15.7. The fourth-order valence-electron chi connectivity index (χ4n) is 6.67. The van der Waals surface area contributed by atoms with Gasteiger partial charge in [0.15, 0.2) is 0 Å². The van der Waals surface area contributed by atoms with Crippen LogP contribution in [0.4, 0.5) is 87.7 Å². The number of carbonyl (C=O) groups excluding carboxylic acids is 2. The van der Waals surface area contributed by atoms with Gasteiger partial charge < -0.3 is 47.9 Å². The highest BCUT2D eigenvalue weighted by Crippen LogP contribution is 2.38. The number of amides is 4. The Labute approximate surface area is 449 Å². The molecule has 41 heteroatoms. The largest absolute Gasteiger partial charge is 0.768 e. The lowest BCUT2D eigenvalue weighted by Gasteiger charge is -2.16. The summed E-state index contributed by atoms with van der Waals surface area (Å²) in [4.78, 5) is 41.8. The molecule has 2 atom stereocenters. The quantitative estimate of drug-likeness (QED) is 0.0273. The van der Waals surface area contributed by atoms with E-state index in [-0.39, 0.29) is 58.5 Å². The minimum atomic E-state index is -5.27. The number of nitrogens with two attached hydrogens (primary N) is 2. The number of azo groups is 2. The molecule has 80 heavy (non-hydrogen) atoms. The molecule has 4 amide bonds. The van der Waals surface area contributed by atoms with Gasteiger partial charge in [-0.05, 0) is 102 Å². The van der Waals surface area contributed by atoms with Crippen molar-refractivity contribution in [2.75, 3.05) is 38.4 Å². The van der Waals surface area contributed by atoms with Gasteiger partial charge >= 0.3 is 24.2 Å². The highest BCUT2D eigenvalue weighted by molar-refractivity contribution is 7.87. The average molecular weight is 1210 g/mol. The second kappa shape index (κ2) is 23.1. The van der Waals surface area contributed by atoms with Crippen LogP contribution in [0.5, 0.6) is 0 Å². The minimum absolute atomic E-state index is 0.0112. The summed E-state index contributed by atoms with van der Waals surface area (Å²) in [6.45, 7) is 1.43. The second-order valence-corrected chi connectivity index (χ2v) is 22.3. The number of primary amides is 2. The van der Waals surface area contributed by atoms with E-state index < -0.39 is 134 Å². The number of aromatic nitrogens is 6. The Morgan fingerprint density at radius 1 is 0.588 bits per heavy atom. The molecule has 0 saturated carbocycles. The zero-order valence-electron chi connectivity index (χ0n) is 39.4. The number of fused-ring (bicyclic) bond motifs is 1. The summed E-state index contributed by atoms with van der Waals surface area (Å²) in [5.41, 5.74) is 8.64. The molecule has 0 aliphatic heterocycles. The van der Waals surface area contributed by atoms with Crippen LogP contribution >= 0.6 is 0 Å². The zero-order chi connectivity index (χ0) is 58.6. The number of carbonyl (C=O) groups is 2.